The first kappa shape index (κ1) is 14.7. The molecule has 0 aromatic heterocycles. The number of hydrogen-bond acceptors (Lipinski definition) is 4. The lowest BCUT2D eigenvalue weighted by atomic mass is 9.97. The summed E-state index contributed by atoms with van der Waals surface area (Å²) in [6.45, 7) is 8.80. The standard InChI is InChI=1S/C11H20O5/c1-7(6-15-10(13)14)8(2)16-9(12)11(3,4)5/h7-8H,6H2,1-5H3,(H,13,14). The second-order valence-corrected chi connectivity index (χ2v) is 4.91. The third kappa shape index (κ3) is 5.58. The summed E-state index contributed by atoms with van der Waals surface area (Å²) in [7, 11) is 0. The van der Waals surface area contributed by atoms with Gasteiger partial charge in [0.2, 0.25) is 0 Å². The molecule has 0 aromatic carbocycles. The summed E-state index contributed by atoms with van der Waals surface area (Å²) in [5.41, 5.74) is -0.554. The molecule has 0 saturated heterocycles. The van der Waals surface area contributed by atoms with Crippen molar-refractivity contribution in [2.45, 2.75) is 40.7 Å². The van der Waals surface area contributed by atoms with E-state index in [0.717, 1.165) is 0 Å². The molecule has 0 aliphatic rings. The highest BCUT2D eigenvalue weighted by atomic mass is 16.7. The SMILES string of the molecule is CC(COC(=O)O)C(C)OC(=O)C(C)(C)C. The Hall–Kier alpha value is -1.26. The lowest BCUT2D eigenvalue weighted by Gasteiger charge is -2.24. The van der Waals surface area contributed by atoms with Crippen LogP contribution in [0.4, 0.5) is 4.79 Å². The van der Waals surface area contributed by atoms with E-state index in [0.29, 0.717) is 0 Å². The van der Waals surface area contributed by atoms with E-state index in [1.54, 1.807) is 34.6 Å². The van der Waals surface area contributed by atoms with Crippen molar-refractivity contribution in [3.8, 4) is 0 Å². The van der Waals surface area contributed by atoms with Gasteiger partial charge >= 0.3 is 12.1 Å². The third-order valence-corrected chi connectivity index (χ3v) is 2.18. The fraction of sp³-hybridized carbons (Fsp3) is 0.818. The van der Waals surface area contributed by atoms with Crippen molar-refractivity contribution in [3.63, 3.8) is 0 Å². The molecule has 0 radical (unpaired) electrons. The normalized spacial score (nSPS) is 15.1. The summed E-state index contributed by atoms with van der Waals surface area (Å²) in [5.74, 6) is -0.468. The molecule has 5 heteroatoms. The largest absolute Gasteiger partial charge is 0.505 e. The van der Waals surface area contributed by atoms with Gasteiger partial charge in [0, 0.05) is 5.92 Å². The van der Waals surface area contributed by atoms with Crippen molar-refractivity contribution in [3.05, 3.63) is 0 Å². The zero-order valence-electron chi connectivity index (χ0n) is 10.4. The minimum absolute atomic E-state index is 0.0217. The zero-order valence-corrected chi connectivity index (χ0v) is 10.4. The molecule has 0 fully saturated rings. The van der Waals surface area contributed by atoms with Gasteiger partial charge in [0.15, 0.2) is 0 Å². The molecule has 0 aliphatic heterocycles. The van der Waals surface area contributed by atoms with Crippen molar-refractivity contribution < 1.29 is 24.2 Å². The second-order valence-electron chi connectivity index (χ2n) is 4.91. The number of carboxylic acid groups (broad SMARTS) is 1. The van der Waals surface area contributed by atoms with E-state index in [2.05, 4.69) is 4.74 Å². The summed E-state index contributed by atoms with van der Waals surface area (Å²) in [4.78, 5) is 21.7. The Labute approximate surface area is 95.7 Å². The minimum Gasteiger partial charge on any atom is -0.462 e. The number of hydrogen-bond donors (Lipinski definition) is 1. The molecule has 94 valence electrons. The van der Waals surface area contributed by atoms with Gasteiger partial charge < -0.3 is 14.6 Å². The van der Waals surface area contributed by atoms with Crippen molar-refractivity contribution in [1.29, 1.82) is 0 Å². The Morgan fingerprint density at radius 1 is 1.25 bits per heavy atom. The molecule has 0 spiro atoms. The van der Waals surface area contributed by atoms with Gasteiger partial charge in [0.1, 0.15) is 12.7 Å². The quantitative estimate of drug-likeness (QED) is 0.753. The van der Waals surface area contributed by atoms with Crippen LogP contribution >= 0.6 is 0 Å². The maximum Gasteiger partial charge on any atom is 0.505 e. The Morgan fingerprint density at radius 2 is 1.75 bits per heavy atom. The Kier molecular flexibility index (Phi) is 5.27. The molecule has 0 amide bonds. The van der Waals surface area contributed by atoms with Crippen LogP contribution in [0.2, 0.25) is 0 Å². The maximum atomic E-state index is 11.5. The Morgan fingerprint density at radius 3 is 2.12 bits per heavy atom. The van der Waals surface area contributed by atoms with E-state index in [-0.39, 0.29) is 24.6 Å². The first-order valence-electron chi connectivity index (χ1n) is 5.21. The van der Waals surface area contributed by atoms with E-state index in [1.807, 2.05) is 0 Å². The summed E-state index contributed by atoms with van der Waals surface area (Å²) < 4.78 is 9.61. The van der Waals surface area contributed by atoms with Crippen LogP contribution < -0.4 is 0 Å². The van der Waals surface area contributed by atoms with Crippen LogP contribution in [0.1, 0.15) is 34.6 Å². The number of esters is 1. The van der Waals surface area contributed by atoms with E-state index >= 15 is 0 Å². The van der Waals surface area contributed by atoms with E-state index in [9.17, 15) is 9.59 Å². The lowest BCUT2D eigenvalue weighted by molar-refractivity contribution is -0.160. The number of carbonyl (C=O) groups excluding carboxylic acids is 1. The first-order chi connectivity index (χ1) is 7.14. The van der Waals surface area contributed by atoms with E-state index in [1.165, 1.54) is 0 Å². The number of ether oxygens (including phenoxy) is 2. The summed E-state index contributed by atoms with van der Waals surface area (Å²) in [6.07, 6.45) is -1.69. The van der Waals surface area contributed by atoms with Gasteiger partial charge in [0.05, 0.1) is 5.41 Å². The monoisotopic (exact) mass is 232 g/mol. The fourth-order valence-electron chi connectivity index (χ4n) is 0.800. The predicted molar refractivity (Wildman–Crippen MR) is 58.1 cm³/mol. The minimum atomic E-state index is -1.32. The van der Waals surface area contributed by atoms with E-state index < -0.39 is 11.6 Å². The summed E-state index contributed by atoms with van der Waals surface area (Å²) in [5, 5.41) is 8.33. The van der Waals surface area contributed by atoms with Crippen molar-refractivity contribution in [2.24, 2.45) is 11.3 Å². The van der Waals surface area contributed by atoms with Crippen LogP contribution in [0, 0.1) is 11.3 Å². The zero-order chi connectivity index (χ0) is 12.9. The summed E-state index contributed by atoms with van der Waals surface area (Å²) >= 11 is 0. The molecule has 0 rings (SSSR count). The molecule has 1 N–H and O–H groups in total. The average molecular weight is 232 g/mol. The van der Waals surface area contributed by atoms with Crippen LogP contribution in [0.15, 0.2) is 0 Å². The van der Waals surface area contributed by atoms with Gasteiger partial charge in [0.25, 0.3) is 0 Å². The third-order valence-electron chi connectivity index (χ3n) is 2.18. The highest BCUT2D eigenvalue weighted by molar-refractivity contribution is 5.75. The van der Waals surface area contributed by atoms with Crippen LogP contribution in [-0.2, 0) is 14.3 Å². The fourth-order valence-corrected chi connectivity index (χ4v) is 0.800. The molecule has 5 nitrogen and oxygen atoms in total. The lowest BCUT2D eigenvalue weighted by Crippen LogP contribution is -2.31. The van der Waals surface area contributed by atoms with Gasteiger partial charge in [-0.3, -0.25) is 4.79 Å². The average Bonchev–Trinajstić information content (AvgIpc) is 2.12. The van der Waals surface area contributed by atoms with Crippen molar-refractivity contribution in [2.75, 3.05) is 6.61 Å². The molecule has 0 bridgehead atoms. The molecule has 0 aromatic rings. The van der Waals surface area contributed by atoms with Gasteiger partial charge in [-0.1, -0.05) is 6.92 Å². The first-order valence-corrected chi connectivity index (χ1v) is 5.21. The van der Waals surface area contributed by atoms with Gasteiger partial charge in [-0.15, -0.1) is 0 Å². The van der Waals surface area contributed by atoms with Gasteiger partial charge in [-0.2, -0.15) is 0 Å². The molecular formula is C11H20O5. The van der Waals surface area contributed by atoms with Gasteiger partial charge in [-0.25, -0.2) is 4.79 Å². The highest BCUT2D eigenvalue weighted by Crippen LogP contribution is 2.18. The maximum absolute atomic E-state index is 11.5. The van der Waals surface area contributed by atoms with Crippen LogP contribution in [0.5, 0.6) is 0 Å². The van der Waals surface area contributed by atoms with Crippen LogP contribution in [-0.4, -0.2) is 29.9 Å². The Bertz CT molecular complexity index is 254. The van der Waals surface area contributed by atoms with Crippen molar-refractivity contribution in [1.82, 2.24) is 0 Å². The topological polar surface area (TPSA) is 72.8 Å². The van der Waals surface area contributed by atoms with Crippen molar-refractivity contribution >= 4 is 12.1 Å². The summed E-state index contributed by atoms with van der Waals surface area (Å²) in [6, 6.07) is 0. The number of carbonyl (C=O) groups is 2. The van der Waals surface area contributed by atoms with Crippen LogP contribution in [0.25, 0.3) is 0 Å². The molecule has 0 aliphatic carbocycles. The molecule has 2 unspecified atom stereocenters. The van der Waals surface area contributed by atoms with Gasteiger partial charge in [-0.05, 0) is 27.7 Å². The smallest absolute Gasteiger partial charge is 0.462 e. The molecule has 2 atom stereocenters. The number of rotatable bonds is 4. The molecule has 0 heterocycles. The second kappa shape index (κ2) is 5.72. The molecule has 0 saturated carbocycles. The molecule has 16 heavy (non-hydrogen) atoms. The predicted octanol–water partition coefficient (Wildman–Crippen LogP) is 2.29. The Balaban J connectivity index is 4.10. The molecular weight excluding hydrogens is 212 g/mol. The highest BCUT2D eigenvalue weighted by Gasteiger charge is 2.27. The van der Waals surface area contributed by atoms with E-state index in [4.69, 9.17) is 9.84 Å². The van der Waals surface area contributed by atoms with Crippen LogP contribution in [0.3, 0.4) is 0 Å².